The van der Waals surface area contributed by atoms with Gasteiger partial charge in [0, 0.05) is 12.1 Å². The van der Waals surface area contributed by atoms with E-state index in [-0.39, 0.29) is 5.56 Å². The second-order valence-electron chi connectivity index (χ2n) is 7.61. The van der Waals surface area contributed by atoms with Gasteiger partial charge < -0.3 is 14.5 Å². The van der Waals surface area contributed by atoms with Crippen molar-refractivity contribution in [3.05, 3.63) is 51.8 Å². The Bertz CT molecular complexity index is 1060. The van der Waals surface area contributed by atoms with Crippen molar-refractivity contribution in [1.82, 2.24) is 14.9 Å². The van der Waals surface area contributed by atoms with Gasteiger partial charge in [-0.1, -0.05) is 6.07 Å². The number of benzene rings is 2. The molecular formula is C23H27N3O3. The lowest BCUT2D eigenvalue weighted by molar-refractivity contribution is 0.236. The molecule has 1 aromatic heterocycles. The van der Waals surface area contributed by atoms with Gasteiger partial charge in [-0.15, -0.1) is 0 Å². The SMILES string of the molecule is COc1cccc2nc(-c3cc(C)c(OCCN4CCCC4)c(C)c3)[nH]c(=O)c12. The van der Waals surface area contributed by atoms with E-state index in [0.29, 0.717) is 29.1 Å². The average molecular weight is 393 g/mol. The third kappa shape index (κ3) is 3.98. The average Bonchev–Trinajstić information content (AvgIpc) is 3.22. The van der Waals surface area contributed by atoms with Crippen LogP contribution in [0.1, 0.15) is 24.0 Å². The van der Waals surface area contributed by atoms with E-state index in [0.717, 1.165) is 29.0 Å². The maximum absolute atomic E-state index is 12.7. The van der Waals surface area contributed by atoms with Crippen LogP contribution in [0.5, 0.6) is 11.5 Å². The van der Waals surface area contributed by atoms with Gasteiger partial charge in [0.15, 0.2) is 0 Å². The van der Waals surface area contributed by atoms with Crippen LogP contribution in [0.4, 0.5) is 0 Å². The smallest absolute Gasteiger partial charge is 0.262 e. The van der Waals surface area contributed by atoms with Crippen molar-refractivity contribution in [3.63, 3.8) is 0 Å². The van der Waals surface area contributed by atoms with E-state index in [1.165, 1.54) is 25.9 Å². The molecule has 0 atom stereocenters. The third-order valence-electron chi connectivity index (χ3n) is 5.50. The summed E-state index contributed by atoms with van der Waals surface area (Å²) >= 11 is 0. The van der Waals surface area contributed by atoms with E-state index in [9.17, 15) is 4.79 Å². The fourth-order valence-corrected chi connectivity index (χ4v) is 4.06. The lowest BCUT2D eigenvalue weighted by atomic mass is 10.0. The molecule has 0 radical (unpaired) electrons. The number of aryl methyl sites for hydroxylation is 2. The monoisotopic (exact) mass is 393 g/mol. The van der Waals surface area contributed by atoms with Crippen molar-refractivity contribution in [2.45, 2.75) is 26.7 Å². The van der Waals surface area contributed by atoms with E-state index in [4.69, 9.17) is 9.47 Å². The molecule has 1 N–H and O–H groups in total. The molecule has 2 aromatic carbocycles. The van der Waals surface area contributed by atoms with Crippen LogP contribution >= 0.6 is 0 Å². The van der Waals surface area contributed by atoms with E-state index in [1.807, 2.05) is 38.1 Å². The van der Waals surface area contributed by atoms with Gasteiger partial charge in [0.05, 0.1) is 12.6 Å². The number of aromatic nitrogens is 2. The first-order chi connectivity index (χ1) is 14.1. The highest BCUT2D eigenvalue weighted by molar-refractivity contribution is 5.85. The van der Waals surface area contributed by atoms with Gasteiger partial charge in [-0.2, -0.15) is 0 Å². The van der Waals surface area contributed by atoms with Crippen LogP contribution in [0, 0.1) is 13.8 Å². The topological polar surface area (TPSA) is 67.5 Å². The van der Waals surface area contributed by atoms with Gasteiger partial charge in [-0.3, -0.25) is 9.69 Å². The van der Waals surface area contributed by atoms with Gasteiger partial charge in [-0.25, -0.2) is 4.98 Å². The number of fused-ring (bicyclic) bond motifs is 1. The van der Waals surface area contributed by atoms with E-state index in [1.54, 1.807) is 13.2 Å². The van der Waals surface area contributed by atoms with Crippen molar-refractivity contribution < 1.29 is 9.47 Å². The van der Waals surface area contributed by atoms with Crippen LogP contribution in [0.2, 0.25) is 0 Å². The summed E-state index contributed by atoms with van der Waals surface area (Å²) in [7, 11) is 1.55. The number of likely N-dealkylation sites (tertiary alicyclic amines) is 1. The highest BCUT2D eigenvalue weighted by atomic mass is 16.5. The second-order valence-corrected chi connectivity index (χ2v) is 7.61. The quantitative estimate of drug-likeness (QED) is 0.692. The third-order valence-corrected chi connectivity index (χ3v) is 5.50. The molecule has 1 aliphatic rings. The fraction of sp³-hybridized carbons (Fsp3) is 0.391. The van der Waals surface area contributed by atoms with Crippen molar-refractivity contribution in [2.75, 3.05) is 33.4 Å². The number of aromatic amines is 1. The first kappa shape index (κ1) is 19.5. The Morgan fingerprint density at radius 1 is 1.14 bits per heavy atom. The zero-order chi connectivity index (χ0) is 20.4. The second kappa shape index (κ2) is 8.25. The van der Waals surface area contributed by atoms with Gasteiger partial charge in [0.1, 0.15) is 29.3 Å². The molecule has 1 saturated heterocycles. The molecule has 0 amide bonds. The summed E-state index contributed by atoms with van der Waals surface area (Å²) in [6.07, 6.45) is 2.57. The molecule has 3 aromatic rings. The molecule has 152 valence electrons. The number of H-pyrrole nitrogens is 1. The molecule has 1 fully saturated rings. The number of nitrogens with one attached hydrogen (secondary N) is 1. The summed E-state index contributed by atoms with van der Waals surface area (Å²) in [6.45, 7) is 8.06. The Hall–Kier alpha value is -2.86. The number of ether oxygens (including phenoxy) is 2. The van der Waals surface area contributed by atoms with E-state index in [2.05, 4.69) is 14.9 Å². The summed E-state index contributed by atoms with van der Waals surface area (Å²) in [5, 5.41) is 0.467. The van der Waals surface area contributed by atoms with Gasteiger partial charge in [-0.05, 0) is 75.2 Å². The first-order valence-electron chi connectivity index (χ1n) is 10.1. The maximum atomic E-state index is 12.7. The molecule has 0 bridgehead atoms. The van der Waals surface area contributed by atoms with Crippen LogP contribution in [-0.4, -0.2) is 48.2 Å². The number of rotatable bonds is 6. The van der Waals surface area contributed by atoms with Crippen molar-refractivity contribution in [1.29, 1.82) is 0 Å². The lowest BCUT2D eigenvalue weighted by Crippen LogP contribution is -2.25. The van der Waals surface area contributed by atoms with Gasteiger partial charge in [0.25, 0.3) is 5.56 Å². The molecule has 4 rings (SSSR count). The predicted molar refractivity (Wildman–Crippen MR) is 115 cm³/mol. The minimum Gasteiger partial charge on any atom is -0.496 e. The predicted octanol–water partition coefficient (Wildman–Crippen LogP) is 3.69. The minimum atomic E-state index is -0.205. The Labute approximate surface area is 170 Å². The van der Waals surface area contributed by atoms with E-state index < -0.39 is 0 Å². The molecule has 6 heteroatoms. The van der Waals surface area contributed by atoms with Crippen LogP contribution < -0.4 is 15.0 Å². The maximum Gasteiger partial charge on any atom is 0.262 e. The summed E-state index contributed by atoms with van der Waals surface area (Å²) in [4.78, 5) is 22.7. The standard InChI is InChI=1S/C23H27N3O3/c1-15-13-17(14-16(2)21(15)29-12-11-26-9-4-5-10-26)22-24-18-7-6-8-19(28-3)20(18)23(27)25-22/h6-8,13-14H,4-5,9-12H2,1-3H3,(H,24,25,27). The Kier molecular flexibility index (Phi) is 5.53. The van der Waals surface area contributed by atoms with Gasteiger partial charge in [0.2, 0.25) is 0 Å². The zero-order valence-corrected chi connectivity index (χ0v) is 17.2. The van der Waals surface area contributed by atoms with Crippen molar-refractivity contribution in [2.24, 2.45) is 0 Å². The van der Waals surface area contributed by atoms with Crippen LogP contribution in [-0.2, 0) is 0 Å². The lowest BCUT2D eigenvalue weighted by Gasteiger charge is -2.18. The molecule has 0 aliphatic carbocycles. The molecule has 2 heterocycles. The Morgan fingerprint density at radius 2 is 1.86 bits per heavy atom. The molecular weight excluding hydrogens is 366 g/mol. The zero-order valence-electron chi connectivity index (χ0n) is 17.2. The Morgan fingerprint density at radius 3 is 2.55 bits per heavy atom. The number of hydrogen-bond acceptors (Lipinski definition) is 5. The normalized spacial score (nSPS) is 14.4. The summed E-state index contributed by atoms with van der Waals surface area (Å²) in [6, 6.07) is 9.46. The van der Waals surface area contributed by atoms with E-state index >= 15 is 0 Å². The fourth-order valence-electron chi connectivity index (χ4n) is 4.06. The van der Waals surface area contributed by atoms with Crippen LogP contribution in [0.15, 0.2) is 35.1 Å². The summed E-state index contributed by atoms with van der Waals surface area (Å²) < 4.78 is 11.4. The van der Waals surface area contributed by atoms with Crippen LogP contribution in [0.3, 0.4) is 0 Å². The highest BCUT2D eigenvalue weighted by Crippen LogP contribution is 2.30. The first-order valence-corrected chi connectivity index (χ1v) is 10.1. The van der Waals surface area contributed by atoms with Crippen molar-refractivity contribution in [3.8, 4) is 22.9 Å². The Balaban J connectivity index is 1.61. The molecule has 0 spiro atoms. The minimum absolute atomic E-state index is 0.205. The molecule has 1 aliphatic heterocycles. The molecule has 29 heavy (non-hydrogen) atoms. The van der Waals surface area contributed by atoms with Crippen LogP contribution in [0.25, 0.3) is 22.3 Å². The van der Waals surface area contributed by atoms with Gasteiger partial charge >= 0.3 is 0 Å². The number of hydrogen-bond donors (Lipinski definition) is 1. The number of methoxy groups -OCH3 is 1. The largest absolute Gasteiger partial charge is 0.496 e. The summed E-state index contributed by atoms with van der Waals surface area (Å²) in [5.74, 6) is 1.99. The molecule has 0 saturated carbocycles. The number of nitrogens with zero attached hydrogens (tertiary/aromatic N) is 2. The highest BCUT2D eigenvalue weighted by Gasteiger charge is 2.14. The summed E-state index contributed by atoms with van der Waals surface area (Å²) in [5.41, 5.74) is 3.35. The molecule has 6 nitrogen and oxygen atoms in total. The van der Waals surface area contributed by atoms with Crippen molar-refractivity contribution >= 4 is 10.9 Å². The molecule has 0 unspecified atom stereocenters.